The van der Waals surface area contributed by atoms with Crippen molar-refractivity contribution in [3.63, 3.8) is 0 Å². The molecule has 1 heteroatoms. The third kappa shape index (κ3) is 0.290. The van der Waals surface area contributed by atoms with Crippen LogP contribution in [0.15, 0.2) is 0 Å². The zero-order valence-electron chi connectivity index (χ0n) is 4.72. The van der Waals surface area contributed by atoms with E-state index in [-0.39, 0.29) is 0 Å². The van der Waals surface area contributed by atoms with Gasteiger partial charge >= 0.3 is 0 Å². The van der Waals surface area contributed by atoms with Crippen LogP contribution in [-0.2, 0) is 4.74 Å². The molecule has 1 aliphatic heterocycles. The van der Waals surface area contributed by atoms with Crippen LogP contribution in [0.5, 0.6) is 0 Å². The standard InChI is InChI=1S/C6H10O/c1-3-4(2)6-5(3)7-6/h3-6H,1-2H3/t3-,4+,5-,6+. The maximum atomic E-state index is 5.25. The maximum Gasteiger partial charge on any atom is 0.0873 e. The summed E-state index contributed by atoms with van der Waals surface area (Å²) in [5, 5.41) is 0. The molecule has 1 saturated carbocycles. The van der Waals surface area contributed by atoms with E-state index in [0.717, 1.165) is 11.8 Å². The fourth-order valence-corrected chi connectivity index (χ4v) is 1.44. The Labute approximate surface area is 43.7 Å². The Morgan fingerprint density at radius 1 is 1.00 bits per heavy atom. The predicted molar refractivity (Wildman–Crippen MR) is 27.0 cm³/mol. The van der Waals surface area contributed by atoms with Crippen LogP contribution in [0.4, 0.5) is 0 Å². The van der Waals surface area contributed by atoms with Gasteiger partial charge in [0.15, 0.2) is 0 Å². The second-order valence-corrected chi connectivity index (χ2v) is 2.78. The summed E-state index contributed by atoms with van der Waals surface area (Å²) in [6, 6.07) is 0. The van der Waals surface area contributed by atoms with Gasteiger partial charge in [-0.3, -0.25) is 0 Å². The van der Waals surface area contributed by atoms with Crippen LogP contribution in [0, 0.1) is 11.8 Å². The molecule has 1 heterocycles. The Balaban J connectivity index is 2.09. The van der Waals surface area contributed by atoms with Gasteiger partial charge in [-0.2, -0.15) is 0 Å². The first-order valence-corrected chi connectivity index (χ1v) is 2.96. The van der Waals surface area contributed by atoms with Crippen molar-refractivity contribution in [3.05, 3.63) is 0 Å². The monoisotopic (exact) mass is 98.1 g/mol. The zero-order chi connectivity index (χ0) is 5.02. The van der Waals surface area contributed by atoms with Gasteiger partial charge in [0, 0.05) is 0 Å². The highest BCUT2D eigenvalue weighted by Gasteiger charge is 2.59. The van der Waals surface area contributed by atoms with Gasteiger partial charge in [-0.25, -0.2) is 0 Å². The van der Waals surface area contributed by atoms with E-state index in [2.05, 4.69) is 13.8 Å². The van der Waals surface area contributed by atoms with Gasteiger partial charge in [-0.1, -0.05) is 13.8 Å². The van der Waals surface area contributed by atoms with E-state index < -0.39 is 0 Å². The van der Waals surface area contributed by atoms with E-state index in [4.69, 9.17) is 4.74 Å². The summed E-state index contributed by atoms with van der Waals surface area (Å²) in [4.78, 5) is 0. The molecule has 0 aromatic carbocycles. The van der Waals surface area contributed by atoms with Crippen LogP contribution in [0.2, 0.25) is 0 Å². The van der Waals surface area contributed by atoms with Gasteiger partial charge in [0.05, 0.1) is 12.2 Å². The number of hydrogen-bond donors (Lipinski definition) is 0. The molecule has 0 unspecified atom stereocenters. The van der Waals surface area contributed by atoms with E-state index in [0.29, 0.717) is 12.2 Å². The van der Waals surface area contributed by atoms with Crippen molar-refractivity contribution in [3.8, 4) is 0 Å². The maximum absolute atomic E-state index is 5.25. The number of epoxide rings is 1. The zero-order valence-corrected chi connectivity index (χ0v) is 4.72. The van der Waals surface area contributed by atoms with Crippen molar-refractivity contribution in [2.24, 2.45) is 11.8 Å². The highest BCUT2D eigenvalue weighted by Crippen LogP contribution is 2.50. The van der Waals surface area contributed by atoms with Crippen molar-refractivity contribution in [1.82, 2.24) is 0 Å². The minimum Gasteiger partial charge on any atom is -0.369 e. The molecule has 0 radical (unpaired) electrons. The lowest BCUT2D eigenvalue weighted by molar-refractivity contribution is 0.290. The lowest BCUT2D eigenvalue weighted by atomic mass is 9.77. The molecule has 0 bridgehead atoms. The second kappa shape index (κ2) is 0.873. The summed E-state index contributed by atoms with van der Waals surface area (Å²) < 4.78 is 5.25. The molecular formula is C6H10O. The highest BCUT2D eigenvalue weighted by molar-refractivity contribution is 5.05. The van der Waals surface area contributed by atoms with Gasteiger partial charge in [0.1, 0.15) is 0 Å². The Morgan fingerprint density at radius 2 is 1.43 bits per heavy atom. The van der Waals surface area contributed by atoms with Crippen LogP contribution in [0.3, 0.4) is 0 Å². The van der Waals surface area contributed by atoms with Crippen molar-refractivity contribution >= 4 is 0 Å². The van der Waals surface area contributed by atoms with Crippen LogP contribution in [0.25, 0.3) is 0 Å². The molecule has 2 fully saturated rings. The number of fused-ring (bicyclic) bond motifs is 1. The molecule has 1 saturated heterocycles. The number of hydrogen-bond acceptors (Lipinski definition) is 1. The molecule has 7 heavy (non-hydrogen) atoms. The van der Waals surface area contributed by atoms with E-state index in [1.807, 2.05) is 0 Å². The Morgan fingerprint density at radius 3 is 1.57 bits per heavy atom. The molecule has 0 amide bonds. The Hall–Kier alpha value is -0.0400. The van der Waals surface area contributed by atoms with Gasteiger partial charge in [-0.15, -0.1) is 0 Å². The molecule has 0 N–H and O–H groups in total. The molecule has 2 rings (SSSR count). The smallest absolute Gasteiger partial charge is 0.0873 e. The lowest BCUT2D eigenvalue weighted by Gasteiger charge is -2.23. The predicted octanol–water partition coefficient (Wildman–Crippen LogP) is 1.04. The molecular weight excluding hydrogens is 88.1 g/mol. The average molecular weight is 98.1 g/mol. The van der Waals surface area contributed by atoms with Crippen LogP contribution in [-0.4, -0.2) is 12.2 Å². The van der Waals surface area contributed by atoms with Crippen molar-refractivity contribution < 1.29 is 4.74 Å². The van der Waals surface area contributed by atoms with Crippen molar-refractivity contribution in [1.29, 1.82) is 0 Å². The van der Waals surface area contributed by atoms with Crippen molar-refractivity contribution in [2.45, 2.75) is 26.1 Å². The molecule has 1 aliphatic carbocycles. The fourth-order valence-electron chi connectivity index (χ4n) is 1.44. The Kier molecular flexibility index (Phi) is 0.487. The fraction of sp³-hybridized carbons (Fsp3) is 1.00. The van der Waals surface area contributed by atoms with Crippen LogP contribution in [0.1, 0.15) is 13.8 Å². The van der Waals surface area contributed by atoms with Crippen molar-refractivity contribution in [2.75, 3.05) is 0 Å². The summed E-state index contributed by atoms with van der Waals surface area (Å²) in [5.74, 6) is 1.70. The van der Waals surface area contributed by atoms with E-state index in [9.17, 15) is 0 Å². The van der Waals surface area contributed by atoms with Gasteiger partial charge in [0.2, 0.25) is 0 Å². The minimum atomic E-state index is 0.676. The first-order chi connectivity index (χ1) is 3.30. The van der Waals surface area contributed by atoms with Crippen LogP contribution < -0.4 is 0 Å². The molecule has 40 valence electrons. The molecule has 1 nitrogen and oxygen atoms in total. The van der Waals surface area contributed by atoms with E-state index in [1.54, 1.807) is 0 Å². The quantitative estimate of drug-likeness (QED) is 0.412. The van der Waals surface area contributed by atoms with E-state index >= 15 is 0 Å². The molecule has 2 aliphatic rings. The topological polar surface area (TPSA) is 12.5 Å². The molecule has 0 aromatic rings. The molecule has 0 spiro atoms. The number of rotatable bonds is 0. The summed E-state index contributed by atoms with van der Waals surface area (Å²) in [7, 11) is 0. The number of ether oxygens (including phenoxy) is 1. The molecule has 0 aromatic heterocycles. The largest absolute Gasteiger partial charge is 0.369 e. The first kappa shape index (κ1) is 3.90. The van der Waals surface area contributed by atoms with Crippen LogP contribution >= 0.6 is 0 Å². The highest BCUT2D eigenvalue weighted by atomic mass is 16.6. The minimum absolute atomic E-state index is 0.676. The van der Waals surface area contributed by atoms with E-state index in [1.165, 1.54) is 0 Å². The summed E-state index contributed by atoms with van der Waals surface area (Å²) in [5.41, 5.74) is 0. The SMILES string of the molecule is C[C@@H]1[C@H](C)[C@@H]2O[C@H]12. The molecule has 4 atom stereocenters. The van der Waals surface area contributed by atoms with Gasteiger partial charge < -0.3 is 4.74 Å². The first-order valence-electron chi connectivity index (χ1n) is 2.96. The average Bonchev–Trinajstić information content (AvgIpc) is 2.39. The normalized spacial score (nSPS) is 66.0. The summed E-state index contributed by atoms with van der Waals surface area (Å²) in [6.07, 6.45) is 1.35. The summed E-state index contributed by atoms with van der Waals surface area (Å²) >= 11 is 0. The van der Waals surface area contributed by atoms with Gasteiger partial charge in [0.25, 0.3) is 0 Å². The Bertz CT molecular complexity index is 88.4. The third-order valence-corrected chi connectivity index (χ3v) is 2.43. The second-order valence-electron chi connectivity index (χ2n) is 2.78. The van der Waals surface area contributed by atoms with Gasteiger partial charge in [-0.05, 0) is 11.8 Å². The third-order valence-electron chi connectivity index (χ3n) is 2.43. The summed E-state index contributed by atoms with van der Waals surface area (Å²) in [6.45, 7) is 4.53. The lowest BCUT2D eigenvalue weighted by Crippen LogP contribution is -2.31.